The van der Waals surface area contributed by atoms with E-state index in [-0.39, 0.29) is 0 Å². The number of rotatable bonds is 3. The van der Waals surface area contributed by atoms with Crippen LogP contribution in [0.2, 0.25) is 5.02 Å². The van der Waals surface area contributed by atoms with Gasteiger partial charge in [-0.25, -0.2) is 0 Å². The number of thiophene rings is 1. The zero-order valence-electron chi connectivity index (χ0n) is 12.3. The van der Waals surface area contributed by atoms with Crippen LogP contribution in [0.1, 0.15) is 28.5 Å². The predicted octanol–water partition coefficient (Wildman–Crippen LogP) is 4.09. The number of hydrogen-bond acceptors (Lipinski definition) is 3. The first kappa shape index (κ1) is 15.0. The van der Waals surface area contributed by atoms with E-state index >= 15 is 0 Å². The number of aryl methyl sites for hydroxylation is 1. The van der Waals surface area contributed by atoms with E-state index in [2.05, 4.69) is 40.7 Å². The van der Waals surface area contributed by atoms with Gasteiger partial charge in [-0.15, -0.1) is 11.3 Å². The summed E-state index contributed by atoms with van der Waals surface area (Å²) >= 11 is 7.93. The first-order valence-corrected chi connectivity index (χ1v) is 8.75. The third-order valence-electron chi connectivity index (χ3n) is 4.08. The highest BCUT2D eigenvalue weighted by atomic mass is 35.5. The number of nitrogens with one attached hydrogen (secondary N) is 1. The molecule has 0 radical (unpaired) electrons. The SMILES string of the molecule is Cc1ccsc1C(c1ccc(Cl)cc1)N1CCCNCC1. The second kappa shape index (κ2) is 6.93. The van der Waals surface area contributed by atoms with Crippen LogP contribution < -0.4 is 5.32 Å². The zero-order chi connectivity index (χ0) is 14.7. The molecular weight excluding hydrogens is 300 g/mol. The summed E-state index contributed by atoms with van der Waals surface area (Å²) in [5.41, 5.74) is 2.73. The summed E-state index contributed by atoms with van der Waals surface area (Å²) in [5, 5.41) is 6.49. The smallest absolute Gasteiger partial charge is 0.0699 e. The molecule has 112 valence electrons. The van der Waals surface area contributed by atoms with Gasteiger partial charge in [0.2, 0.25) is 0 Å². The molecule has 2 nitrogen and oxygen atoms in total. The Labute approximate surface area is 135 Å². The molecule has 4 heteroatoms. The van der Waals surface area contributed by atoms with Crippen LogP contribution in [-0.2, 0) is 0 Å². The lowest BCUT2D eigenvalue weighted by atomic mass is 10.0. The summed E-state index contributed by atoms with van der Waals surface area (Å²) in [6.07, 6.45) is 1.20. The third-order valence-corrected chi connectivity index (χ3v) is 5.40. The third kappa shape index (κ3) is 3.49. The van der Waals surface area contributed by atoms with Crippen molar-refractivity contribution < 1.29 is 0 Å². The number of benzene rings is 1. The van der Waals surface area contributed by atoms with Gasteiger partial charge in [-0.1, -0.05) is 23.7 Å². The molecule has 0 spiro atoms. The van der Waals surface area contributed by atoms with Gasteiger partial charge >= 0.3 is 0 Å². The Hall–Kier alpha value is -0.870. The van der Waals surface area contributed by atoms with E-state index in [1.165, 1.54) is 22.4 Å². The lowest BCUT2D eigenvalue weighted by molar-refractivity contribution is 0.243. The van der Waals surface area contributed by atoms with Crippen molar-refractivity contribution in [3.63, 3.8) is 0 Å². The first-order valence-electron chi connectivity index (χ1n) is 7.50. The molecule has 3 rings (SSSR count). The second-order valence-corrected chi connectivity index (χ2v) is 6.95. The minimum atomic E-state index is 0.349. The van der Waals surface area contributed by atoms with Crippen LogP contribution in [0.4, 0.5) is 0 Å². The summed E-state index contributed by atoms with van der Waals surface area (Å²) in [5.74, 6) is 0. The molecule has 1 aliphatic heterocycles. The molecule has 1 aromatic heterocycles. The van der Waals surface area contributed by atoms with E-state index in [1.54, 1.807) is 0 Å². The first-order chi connectivity index (χ1) is 10.3. The summed E-state index contributed by atoms with van der Waals surface area (Å²) in [6, 6.07) is 10.9. The van der Waals surface area contributed by atoms with Crippen LogP contribution in [-0.4, -0.2) is 31.1 Å². The summed E-state index contributed by atoms with van der Waals surface area (Å²) in [4.78, 5) is 4.06. The van der Waals surface area contributed by atoms with Crippen LogP contribution in [0.3, 0.4) is 0 Å². The van der Waals surface area contributed by atoms with Gasteiger partial charge in [0.25, 0.3) is 0 Å². The Morgan fingerprint density at radius 2 is 1.95 bits per heavy atom. The van der Waals surface area contributed by atoms with Crippen molar-refractivity contribution in [3.05, 3.63) is 56.7 Å². The fourth-order valence-electron chi connectivity index (χ4n) is 2.96. The molecule has 21 heavy (non-hydrogen) atoms. The Morgan fingerprint density at radius 1 is 1.14 bits per heavy atom. The highest BCUT2D eigenvalue weighted by Gasteiger charge is 2.25. The molecule has 1 aliphatic rings. The lowest BCUT2D eigenvalue weighted by Crippen LogP contribution is -2.32. The normalized spacial score (nSPS) is 18.4. The highest BCUT2D eigenvalue weighted by Crippen LogP contribution is 2.35. The molecule has 0 aliphatic carbocycles. The molecule has 1 fully saturated rings. The summed E-state index contributed by atoms with van der Waals surface area (Å²) in [7, 11) is 0. The molecular formula is C17H21ClN2S. The number of nitrogens with zero attached hydrogens (tertiary/aromatic N) is 1. The van der Waals surface area contributed by atoms with Gasteiger partial charge in [-0.05, 0) is 54.6 Å². The molecule has 0 amide bonds. The number of hydrogen-bond donors (Lipinski definition) is 1. The molecule has 2 aromatic rings. The van der Waals surface area contributed by atoms with E-state index in [0.717, 1.165) is 31.2 Å². The van der Waals surface area contributed by atoms with Crippen molar-refractivity contribution in [2.75, 3.05) is 26.2 Å². The maximum absolute atomic E-state index is 6.06. The highest BCUT2D eigenvalue weighted by molar-refractivity contribution is 7.10. The summed E-state index contributed by atoms with van der Waals surface area (Å²) < 4.78 is 0. The average molecular weight is 321 g/mol. The van der Waals surface area contributed by atoms with E-state index < -0.39 is 0 Å². The van der Waals surface area contributed by atoms with Gasteiger partial charge in [0.15, 0.2) is 0 Å². The molecule has 0 saturated carbocycles. The quantitative estimate of drug-likeness (QED) is 0.916. The van der Waals surface area contributed by atoms with Gasteiger partial charge in [0, 0.05) is 29.5 Å². The van der Waals surface area contributed by atoms with Crippen molar-refractivity contribution in [1.29, 1.82) is 0 Å². The zero-order valence-corrected chi connectivity index (χ0v) is 13.9. The van der Waals surface area contributed by atoms with E-state index in [0.29, 0.717) is 6.04 Å². The minimum absolute atomic E-state index is 0.349. The molecule has 1 atom stereocenters. The van der Waals surface area contributed by atoms with Gasteiger partial charge in [-0.2, -0.15) is 0 Å². The van der Waals surface area contributed by atoms with E-state index in [4.69, 9.17) is 11.6 Å². The van der Waals surface area contributed by atoms with Gasteiger partial charge < -0.3 is 5.32 Å². The van der Waals surface area contributed by atoms with Crippen molar-refractivity contribution in [3.8, 4) is 0 Å². The Kier molecular flexibility index (Phi) is 4.96. The fourth-order valence-corrected chi connectivity index (χ4v) is 4.18. The van der Waals surface area contributed by atoms with E-state index in [9.17, 15) is 0 Å². The van der Waals surface area contributed by atoms with Crippen LogP contribution in [0.5, 0.6) is 0 Å². The van der Waals surface area contributed by atoms with Crippen molar-refractivity contribution >= 4 is 22.9 Å². The largest absolute Gasteiger partial charge is 0.315 e. The van der Waals surface area contributed by atoms with Crippen molar-refractivity contribution in [1.82, 2.24) is 10.2 Å². The Morgan fingerprint density at radius 3 is 2.67 bits per heavy atom. The molecule has 1 aromatic carbocycles. The topological polar surface area (TPSA) is 15.3 Å². The van der Waals surface area contributed by atoms with E-state index in [1.807, 2.05) is 23.5 Å². The monoisotopic (exact) mass is 320 g/mol. The van der Waals surface area contributed by atoms with Gasteiger partial charge in [0.05, 0.1) is 6.04 Å². The maximum Gasteiger partial charge on any atom is 0.0699 e. The Bertz CT molecular complexity index is 571. The van der Waals surface area contributed by atoms with Gasteiger partial charge in [0.1, 0.15) is 0 Å². The predicted molar refractivity (Wildman–Crippen MR) is 91.4 cm³/mol. The van der Waals surface area contributed by atoms with Crippen LogP contribution in [0, 0.1) is 6.92 Å². The maximum atomic E-state index is 6.06. The van der Waals surface area contributed by atoms with Crippen LogP contribution >= 0.6 is 22.9 Å². The summed E-state index contributed by atoms with van der Waals surface area (Å²) in [6.45, 7) is 6.62. The lowest BCUT2D eigenvalue weighted by Gasteiger charge is -2.31. The molecule has 1 N–H and O–H groups in total. The van der Waals surface area contributed by atoms with Gasteiger partial charge in [-0.3, -0.25) is 4.90 Å². The standard InChI is InChI=1S/C17H21ClN2S/c1-13-7-12-21-17(13)16(14-3-5-15(18)6-4-14)20-10-2-8-19-9-11-20/h3-7,12,16,19H,2,8-11H2,1H3. The molecule has 2 heterocycles. The van der Waals surface area contributed by atoms with Crippen LogP contribution in [0.25, 0.3) is 0 Å². The molecule has 1 unspecified atom stereocenters. The average Bonchev–Trinajstić information content (AvgIpc) is 2.75. The van der Waals surface area contributed by atoms with Crippen molar-refractivity contribution in [2.24, 2.45) is 0 Å². The molecule has 1 saturated heterocycles. The Balaban J connectivity index is 1.97. The number of halogens is 1. The second-order valence-electron chi connectivity index (χ2n) is 5.56. The van der Waals surface area contributed by atoms with Crippen molar-refractivity contribution in [2.45, 2.75) is 19.4 Å². The minimum Gasteiger partial charge on any atom is -0.315 e. The fraction of sp³-hybridized carbons (Fsp3) is 0.412. The van der Waals surface area contributed by atoms with Crippen LogP contribution in [0.15, 0.2) is 35.7 Å². The molecule has 0 bridgehead atoms.